The Balaban J connectivity index is 2.00. The van der Waals surface area contributed by atoms with Crippen LogP contribution >= 0.6 is 0 Å². The van der Waals surface area contributed by atoms with E-state index in [1.807, 2.05) is 0 Å². The summed E-state index contributed by atoms with van der Waals surface area (Å²) in [4.78, 5) is 0. The molecule has 1 saturated carbocycles. The number of aromatic nitrogens is 1. The van der Waals surface area contributed by atoms with E-state index in [4.69, 9.17) is 0 Å². The van der Waals surface area contributed by atoms with Crippen LogP contribution in [0.25, 0.3) is 0 Å². The summed E-state index contributed by atoms with van der Waals surface area (Å²) < 4.78 is 2.39. The van der Waals surface area contributed by atoms with E-state index in [9.17, 15) is 0 Å². The maximum absolute atomic E-state index is 3.63. The number of hydrogen-bond donors (Lipinski definition) is 1. The third kappa shape index (κ3) is 2.10. The molecule has 0 unspecified atom stereocenters. The number of nitrogens with zero attached hydrogens (tertiary/aromatic N) is 1. The first-order valence-electron chi connectivity index (χ1n) is 6.11. The van der Waals surface area contributed by atoms with Gasteiger partial charge in [0.2, 0.25) is 0 Å². The SMILES string of the molecule is CCn1c(C)cc(CNC2CCC2)c1C. The minimum absolute atomic E-state index is 0.787. The summed E-state index contributed by atoms with van der Waals surface area (Å²) >= 11 is 0. The maximum Gasteiger partial charge on any atom is 0.0225 e. The van der Waals surface area contributed by atoms with Gasteiger partial charge in [0.15, 0.2) is 0 Å². The number of rotatable bonds is 4. The molecule has 1 aliphatic carbocycles. The lowest BCUT2D eigenvalue weighted by Gasteiger charge is -2.26. The lowest BCUT2D eigenvalue weighted by atomic mass is 9.93. The highest BCUT2D eigenvalue weighted by Gasteiger charge is 2.17. The number of hydrogen-bond acceptors (Lipinski definition) is 1. The van der Waals surface area contributed by atoms with E-state index >= 15 is 0 Å². The van der Waals surface area contributed by atoms with E-state index < -0.39 is 0 Å². The minimum atomic E-state index is 0.787. The average Bonchev–Trinajstić information content (AvgIpc) is 2.39. The van der Waals surface area contributed by atoms with Crippen LogP contribution in [0.2, 0.25) is 0 Å². The Kier molecular flexibility index (Phi) is 3.15. The van der Waals surface area contributed by atoms with Crippen molar-refractivity contribution in [1.82, 2.24) is 9.88 Å². The van der Waals surface area contributed by atoms with E-state index in [-0.39, 0.29) is 0 Å². The van der Waals surface area contributed by atoms with Crippen molar-refractivity contribution in [3.8, 4) is 0 Å². The van der Waals surface area contributed by atoms with Gasteiger partial charge in [-0.05, 0) is 45.2 Å². The molecule has 2 nitrogen and oxygen atoms in total. The molecule has 0 atom stereocenters. The van der Waals surface area contributed by atoms with Crippen LogP contribution in [-0.4, -0.2) is 10.6 Å². The molecule has 1 aliphatic rings. The molecule has 2 heteroatoms. The lowest BCUT2D eigenvalue weighted by Crippen LogP contribution is -2.34. The van der Waals surface area contributed by atoms with Crippen LogP contribution < -0.4 is 5.32 Å². The highest BCUT2D eigenvalue weighted by Crippen LogP contribution is 2.20. The van der Waals surface area contributed by atoms with E-state index in [0.29, 0.717) is 0 Å². The van der Waals surface area contributed by atoms with Gasteiger partial charge < -0.3 is 9.88 Å². The third-order valence-electron chi connectivity index (χ3n) is 3.68. The summed E-state index contributed by atoms with van der Waals surface area (Å²) in [5, 5.41) is 3.63. The molecule has 0 radical (unpaired) electrons. The fourth-order valence-electron chi connectivity index (χ4n) is 2.40. The van der Waals surface area contributed by atoms with E-state index in [0.717, 1.165) is 19.1 Å². The quantitative estimate of drug-likeness (QED) is 0.801. The summed E-state index contributed by atoms with van der Waals surface area (Å²) in [5.74, 6) is 0. The maximum atomic E-state index is 3.63. The molecule has 1 N–H and O–H groups in total. The molecule has 0 aliphatic heterocycles. The number of nitrogens with one attached hydrogen (secondary N) is 1. The first kappa shape index (κ1) is 10.7. The van der Waals surface area contributed by atoms with Gasteiger partial charge >= 0.3 is 0 Å². The van der Waals surface area contributed by atoms with Crippen molar-refractivity contribution in [2.45, 2.75) is 59.2 Å². The molecule has 1 heterocycles. The smallest absolute Gasteiger partial charge is 0.0225 e. The largest absolute Gasteiger partial charge is 0.349 e. The zero-order chi connectivity index (χ0) is 10.8. The van der Waals surface area contributed by atoms with Gasteiger partial charge in [0, 0.05) is 30.5 Å². The van der Waals surface area contributed by atoms with Crippen molar-refractivity contribution in [3.05, 3.63) is 23.0 Å². The molecule has 0 saturated heterocycles. The Labute approximate surface area is 92.7 Å². The summed E-state index contributed by atoms with van der Waals surface area (Å²) in [6, 6.07) is 3.11. The second-order valence-electron chi connectivity index (χ2n) is 4.65. The van der Waals surface area contributed by atoms with Crippen molar-refractivity contribution >= 4 is 0 Å². The molecule has 0 spiro atoms. The molecule has 84 valence electrons. The highest BCUT2D eigenvalue weighted by atomic mass is 15.0. The third-order valence-corrected chi connectivity index (χ3v) is 3.68. The Hall–Kier alpha value is -0.760. The molecule has 0 amide bonds. The molecule has 15 heavy (non-hydrogen) atoms. The summed E-state index contributed by atoms with van der Waals surface area (Å²) in [6.45, 7) is 8.77. The zero-order valence-electron chi connectivity index (χ0n) is 10.1. The van der Waals surface area contributed by atoms with Gasteiger partial charge in [-0.2, -0.15) is 0 Å². The average molecular weight is 206 g/mol. The summed E-state index contributed by atoms with van der Waals surface area (Å²) in [5.41, 5.74) is 4.29. The van der Waals surface area contributed by atoms with Crippen LogP contribution in [0.4, 0.5) is 0 Å². The standard InChI is InChI=1S/C13H22N2/c1-4-15-10(2)8-12(11(15)3)9-14-13-6-5-7-13/h8,13-14H,4-7,9H2,1-3H3. The first-order valence-corrected chi connectivity index (χ1v) is 6.11. The second-order valence-corrected chi connectivity index (χ2v) is 4.65. The summed E-state index contributed by atoms with van der Waals surface area (Å²) in [6.07, 6.45) is 4.14. The Morgan fingerprint density at radius 3 is 2.60 bits per heavy atom. The van der Waals surface area contributed by atoms with Gasteiger partial charge in [-0.25, -0.2) is 0 Å². The molecular weight excluding hydrogens is 184 g/mol. The Morgan fingerprint density at radius 2 is 2.13 bits per heavy atom. The fraction of sp³-hybridized carbons (Fsp3) is 0.692. The minimum Gasteiger partial charge on any atom is -0.349 e. The van der Waals surface area contributed by atoms with Crippen LogP contribution in [0.3, 0.4) is 0 Å². The monoisotopic (exact) mass is 206 g/mol. The topological polar surface area (TPSA) is 17.0 Å². The van der Waals surface area contributed by atoms with Crippen LogP contribution in [0.5, 0.6) is 0 Å². The predicted octanol–water partition coefficient (Wildman–Crippen LogP) is 2.77. The Morgan fingerprint density at radius 1 is 1.40 bits per heavy atom. The molecule has 0 aromatic carbocycles. The van der Waals surface area contributed by atoms with Crippen molar-refractivity contribution in [2.75, 3.05) is 0 Å². The normalized spacial score (nSPS) is 16.7. The van der Waals surface area contributed by atoms with Crippen LogP contribution in [0.1, 0.15) is 43.1 Å². The van der Waals surface area contributed by atoms with Crippen molar-refractivity contribution in [1.29, 1.82) is 0 Å². The fourth-order valence-corrected chi connectivity index (χ4v) is 2.40. The Bertz CT molecular complexity index is 335. The van der Waals surface area contributed by atoms with Crippen LogP contribution in [0.15, 0.2) is 6.07 Å². The lowest BCUT2D eigenvalue weighted by molar-refractivity contribution is 0.338. The second kappa shape index (κ2) is 4.40. The molecule has 1 fully saturated rings. The van der Waals surface area contributed by atoms with Crippen LogP contribution in [0, 0.1) is 13.8 Å². The van der Waals surface area contributed by atoms with Gasteiger partial charge in [0.1, 0.15) is 0 Å². The van der Waals surface area contributed by atoms with Crippen molar-refractivity contribution < 1.29 is 0 Å². The molecular formula is C13H22N2. The molecule has 1 aromatic heterocycles. The first-order chi connectivity index (χ1) is 7.22. The number of aryl methyl sites for hydroxylation is 1. The molecule has 1 aromatic rings. The van der Waals surface area contributed by atoms with Crippen molar-refractivity contribution in [3.63, 3.8) is 0 Å². The van der Waals surface area contributed by atoms with E-state index in [1.54, 1.807) is 0 Å². The molecule has 2 rings (SSSR count). The van der Waals surface area contributed by atoms with Gasteiger partial charge in [0.25, 0.3) is 0 Å². The van der Waals surface area contributed by atoms with Crippen LogP contribution in [-0.2, 0) is 13.1 Å². The van der Waals surface area contributed by atoms with Crippen molar-refractivity contribution in [2.24, 2.45) is 0 Å². The predicted molar refractivity (Wildman–Crippen MR) is 64.1 cm³/mol. The highest BCUT2D eigenvalue weighted by molar-refractivity contribution is 5.26. The van der Waals surface area contributed by atoms with Gasteiger partial charge in [0.05, 0.1) is 0 Å². The zero-order valence-corrected chi connectivity index (χ0v) is 10.1. The van der Waals surface area contributed by atoms with E-state index in [2.05, 4.69) is 36.7 Å². The van der Waals surface area contributed by atoms with E-state index in [1.165, 1.54) is 36.2 Å². The van der Waals surface area contributed by atoms with Gasteiger partial charge in [-0.3, -0.25) is 0 Å². The summed E-state index contributed by atoms with van der Waals surface area (Å²) in [7, 11) is 0. The van der Waals surface area contributed by atoms with Gasteiger partial charge in [-0.15, -0.1) is 0 Å². The molecule has 0 bridgehead atoms. The van der Waals surface area contributed by atoms with Gasteiger partial charge in [-0.1, -0.05) is 6.42 Å².